The van der Waals surface area contributed by atoms with Gasteiger partial charge in [0.15, 0.2) is 5.71 Å². The molecule has 0 saturated carbocycles. The van der Waals surface area contributed by atoms with Crippen LogP contribution in [0.5, 0.6) is 0 Å². The van der Waals surface area contributed by atoms with Crippen molar-refractivity contribution in [2.75, 3.05) is 0 Å². The van der Waals surface area contributed by atoms with Crippen LogP contribution >= 0.6 is 0 Å². The lowest BCUT2D eigenvalue weighted by molar-refractivity contribution is 1.23. The van der Waals surface area contributed by atoms with E-state index in [0.717, 1.165) is 11.3 Å². The first-order valence-electron chi connectivity index (χ1n) is 4.68. The molecule has 0 aromatic rings. The smallest absolute Gasteiger partial charge is 0.162 e. The van der Waals surface area contributed by atoms with Crippen molar-refractivity contribution in [2.45, 2.75) is 20.3 Å². The molecule has 0 N–H and O–H groups in total. The Hall–Kier alpha value is -1.95. The normalized spacial score (nSPS) is 18.6. The molecule has 15 heavy (non-hydrogen) atoms. The number of nitrogens with zero attached hydrogens (tertiary/aromatic N) is 3. The van der Waals surface area contributed by atoms with E-state index < -0.39 is 0 Å². The molecule has 0 atom stereocenters. The zero-order valence-electron chi connectivity index (χ0n) is 8.99. The van der Waals surface area contributed by atoms with Crippen LogP contribution in [0.4, 0.5) is 0 Å². The largest absolute Gasteiger partial charge is 0.258 e. The minimum Gasteiger partial charge on any atom is -0.258 e. The fraction of sp³-hybridized carbons (Fsp3) is 0.250. The lowest BCUT2D eigenvalue weighted by Crippen LogP contribution is -2.14. The van der Waals surface area contributed by atoms with Crippen molar-refractivity contribution in [3.8, 4) is 6.07 Å². The average Bonchev–Trinajstić information content (AvgIpc) is 2.19. The van der Waals surface area contributed by atoms with Crippen molar-refractivity contribution in [1.29, 1.82) is 5.26 Å². The predicted octanol–water partition coefficient (Wildman–Crippen LogP) is 2.79. The fourth-order valence-electron chi connectivity index (χ4n) is 1.09. The number of hydrogen-bond donors (Lipinski definition) is 0. The average molecular weight is 199 g/mol. The van der Waals surface area contributed by atoms with E-state index in [9.17, 15) is 0 Å². The Morgan fingerprint density at radius 2 is 2.47 bits per heavy atom. The van der Waals surface area contributed by atoms with Gasteiger partial charge in [-0.1, -0.05) is 18.2 Å². The minimum absolute atomic E-state index is 0.404. The summed E-state index contributed by atoms with van der Waals surface area (Å²) in [5, 5.41) is 8.86. The third kappa shape index (κ3) is 3.35. The van der Waals surface area contributed by atoms with Gasteiger partial charge in [-0.2, -0.15) is 5.26 Å². The quantitative estimate of drug-likeness (QED) is 0.631. The van der Waals surface area contributed by atoms with E-state index in [2.05, 4.69) is 16.6 Å². The van der Waals surface area contributed by atoms with Gasteiger partial charge < -0.3 is 0 Å². The van der Waals surface area contributed by atoms with Gasteiger partial charge in [0.05, 0.1) is 5.71 Å². The molecule has 0 fully saturated rings. The van der Waals surface area contributed by atoms with Crippen LogP contribution in [0.25, 0.3) is 0 Å². The number of nitriles is 1. The monoisotopic (exact) mass is 199 g/mol. The van der Waals surface area contributed by atoms with E-state index in [1.807, 2.05) is 26.0 Å². The summed E-state index contributed by atoms with van der Waals surface area (Å²) >= 11 is 0. The SMILES string of the molecule is C=C(C)/C=C\N=C1CC=C(C)N=C1C#N. The molecule has 0 aromatic carbocycles. The lowest BCUT2D eigenvalue weighted by atomic mass is 10.1. The zero-order valence-corrected chi connectivity index (χ0v) is 8.99. The second-order valence-corrected chi connectivity index (χ2v) is 3.36. The molecule has 0 spiro atoms. The Labute approximate surface area is 89.9 Å². The Bertz CT molecular complexity index is 428. The predicted molar refractivity (Wildman–Crippen MR) is 62.8 cm³/mol. The van der Waals surface area contributed by atoms with Gasteiger partial charge in [-0.3, -0.25) is 4.99 Å². The van der Waals surface area contributed by atoms with E-state index in [-0.39, 0.29) is 0 Å². The van der Waals surface area contributed by atoms with Crippen molar-refractivity contribution in [3.63, 3.8) is 0 Å². The third-order valence-corrected chi connectivity index (χ3v) is 1.85. The number of rotatable bonds is 2. The topological polar surface area (TPSA) is 48.5 Å². The van der Waals surface area contributed by atoms with Gasteiger partial charge in [-0.05, 0) is 19.9 Å². The minimum atomic E-state index is 0.404. The summed E-state index contributed by atoms with van der Waals surface area (Å²) in [5.74, 6) is 0. The second kappa shape index (κ2) is 5.06. The second-order valence-electron chi connectivity index (χ2n) is 3.36. The van der Waals surface area contributed by atoms with Crippen molar-refractivity contribution in [1.82, 2.24) is 0 Å². The van der Waals surface area contributed by atoms with Gasteiger partial charge in [0, 0.05) is 18.3 Å². The van der Waals surface area contributed by atoms with Crippen molar-refractivity contribution in [2.24, 2.45) is 9.98 Å². The molecule has 3 heteroatoms. The molecule has 0 bridgehead atoms. The van der Waals surface area contributed by atoms with Crippen LogP contribution in [0.15, 0.2) is 46.2 Å². The van der Waals surface area contributed by atoms with Crippen molar-refractivity contribution >= 4 is 11.4 Å². The zero-order chi connectivity index (χ0) is 11.3. The highest BCUT2D eigenvalue weighted by Gasteiger charge is 2.10. The maximum Gasteiger partial charge on any atom is 0.162 e. The molecule has 1 aliphatic rings. The first-order valence-corrected chi connectivity index (χ1v) is 4.68. The molecule has 1 heterocycles. The fourth-order valence-corrected chi connectivity index (χ4v) is 1.09. The van der Waals surface area contributed by atoms with Crippen LogP contribution in [-0.2, 0) is 0 Å². The van der Waals surface area contributed by atoms with Crippen molar-refractivity contribution < 1.29 is 0 Å². The van der Waals surface area contributed by atoms with E-state index in [0.29, 0.717) is 17.8 Å². The van der Waals surface area contributed by atoms with E-state index >= 15 is 0 Å². The maximum atomic E-state index is 8.86. The first-order chi connectivity index (χ1) is 7.13. The molecule has 0 radical (unpaired) electrons. The summed E-state index contributed by atoms with van der Waals surface area (Å²) in [6, 6.07) is 2.04. The molecule has 3 nitrogen and oxygen atoms in total. The van der Waals surface area contributed by atoms with Crippen LogP contribution in [0.2, 0.25) is 0 Å². The van der Waals surface area contributed by atoms with Gasteiger partial charge >= 0.3 is 0 Å². The van der Waals surface area contributed by atoms with Gasteiger partial charge in [0.25, 0.3) is 0 Å². The van der Waals surface area contributed by atoms with Gasteiger partial charge in [0.1, 0.15) is 6.07 Å². The summed E-state index contributed by atoms with van der Waals surface area (Å²) in [4.78, 5) is 8.30. The molecule has 0 aromatic heterocycles. The summed E-state index contributed by atoms with van der Waals surface area (Å²) in [6.45, 7) is 7.49. The molecule has 1 aliphatic heterocycles. The van der Waals surface area contributed by atoms with Crippen LogP contribution in [0.3, 0.4) is 0 Å². The Morgan fingerprint density at radius 3 is 3.07 bits per heavy atom. The first kappa shape index (κ1) is 11.1. The highest BCUT2D eigenvalue weighted by atomic mass is 14.8. The highest BCUT2D eigenvalue weighted by Crippen LogP contribution is 2.08. The summed E-state index contributed by atoms with van der Waals surface area (Å²) in [5.41, 5.74) is 2.91. The number of allylic oxidation sites excluding steroid dienone is 4. The van der Waals surface area contributed by atoms with E-state index in [1.54, 1.807) is 12.3 Å². The van der Waals surface area contributed by atoms with E-state index in [1.165, 1.54) is 0 Å². The third-order valence-electron chi connectivity index (χ3n) is 1.85. The lowest BCUT2D eigenvalue weighted by Gasteiger charge is -2.06. The summed E-state index contributed by atoms with van der Waals surface area (Å²) in [7, 11) is 0. The maximum absolute atomic E-state index is 8.86. The van der Waals surface area contributed by atoms with E-state index in [4.69, 9.17) is 5.26 Å². The van der Waals surface area contributed by atoms with Gasteiger partial charge in [-0.15, -0.1) is 0 Å². The van der Waals surface area contributed by atoms with Gasteiger partial charge in [-0.25, -0.2) is 4.99 Å². The molecule has 0 amide bonds. The Kier molecular flexibility index (Phi) is 3.75. The standard InChI is InChI=1S/C12H13N3/c1-9(2)6-7-14-11-5-4-10(3)15-12(11)8-13/h4,6-7H,1,5H2,2-3H3/b7-6-,14-11?. The molecular weight excluding hydrogens is 186 g/mol. The Morgan fingerprint density at radius 1 is 1.73 bits per heavy atom. The van der Waals surface area contributed by atoms with Crippen LogP contribution < -0.4 is 0 Å². The van der Waals surface area contributed by atoms with Crippen molar-refractivity contribution in [3.05, 3.63) is 36.2 Å². The summed E-state index contributed by atoms with van der Waals surface area (Å²) in [6.07, 6.45) is 6.07. The molecule has 1 rings (SSSR count). The highest BCUT2D eigenvalue weighted by molar-refractivity contribution is 6.49. The molecule has 0 unspecified atom stereocenters. The molecule has 0 aliphatic carbocycles. The molecular formula is C12H13N3. The van der Waals surface area contributed by atoms with Crippen LogP contribution in [0, 0.1) is 11.3 Å². The molecule has 0 saturated heterocycles. The molecule has 76 valence electrons. The van der Waals surface area contributed by atoms with Gasteiger partial charge in [0.2, 0.25) is 0 Å². The number of hydrogen-bond acceptors (Lipinski definition) is 3. The van der Waals surface area contributed by atoms with Crippen LogP contribution in [0.1, 0.15) is 20.3 Å². The van der Waals surface area contributed by atoms with Crippen LogP contribution in [-0.4, -0.2) is 11.4 Å². The number of aliphatic imine (C=N–C) groups is 2. The summed E-state index contributed by atoms with van der Waals surface area (Å²) < 4.78 is 0. The Balaban J connectivity index is 2.86.